The van der Waals surface area contributed by atoms with Gasteiger partial charge >= 0.3 is 0 Å². The van der Waals surface area contributed by atoms with Crippen molar-refractivity contribution in [2.75, 3.05) is 45.9 Å². The Bertz CT molecular complexity index is 1170. The van der Waals surface area contributed by atoms with E-state index in [9.17, 15) is 14.0 Å². The van der Waals surface area contributed by atoms with E-state index in [1.807, 2.05) is 29.8 Å². The van der Waals surface area contributed by atoms with Crippen LogP contribution in [-0.2, 0) is 17.8 Å². The van der Waals surface area contributed by atoms with E-state index in [4.69, 9.17) is 9.15 Å². The number of rotatable bonds is 12. The van der Waals surface area contributed by atoms with Crippen LogP contribution in [0.15, 0.2) is 59.1 Å². The summed E-state index contributed by atoms with van der Waals surface area (Å²) in [6.45, 7) is 8.16. The van der Waals surface area contributed by atoms with Crippen LogP contribution >= 0.6 is 0 Å². The first-order chi connectivity index (χ1) is 18.0. The van der Waals surface area contributed by atoms with Crippen molar-refractivity contribution < 1.29 is 23.1 Å². The maximum atomic E-state index is 14.2. The summed E-state index contributed by atoms with van der Waals surface area (Å²) in [5, 5.41) is 2.92. The van der Waals surface area contributed by atoms with Crippen LogP contribution < -0.4 is 5.32 Å². The number of furan rings is 1. The molecule has 1 N–H and O–H groups in total. The molecule has 0 unspecified atom stereocenters. The maximum Gasteiger partial charge on any atom is 0.286 e. The minimum absolute atomic E-state index is 0.0701. The third kappa shape index (κ3) is 7.30. The molecule has 0 radical (unpaired) electrons. The number of halogens is 1. The quantitative estimate of drug-likeness (QED) is 0.375. The fourth-order valence-electron chi connectivity index (χ4n) is 4.44. The van der Waals surface area contributed by atoms with Crippen molar-refractivity contribution in [3.63, 3.8) is 0 Å². The lowest BCUT2D eigenvalue weighted by Gasteiger charge is -2.26. The second-order valence-electron chi connectivity index (χ2n) is 9.16. The van der Waals surface area contributed by atoms with Gasteiger partial charge in [0.2, 0.25) is 0 Å². The molecular weight excluding hydrogens is 475 g/mol. The number of hydrogen-bond acceptors (Lipinski definition) is 5. The van der Waals surface area contributed by atoms with E-state index >= 15 is 0 Å². The molecule has 0 aliphatic carbocycles. The summed E-state index contributed by atoms with van der Waals surface area (Å²) in [7, 11) is 0. The van der Waals surface area contributed by atoms with Gasteiger partial charge in [0.05, 0.1) is 31.9 Å². The van der Waals surface area contributed by atoms with Gasteiger partial charge in [-0.25, -0.2) is 4.39 Å². The summed E-state index contributed by atoms with van der Waals surface area (Å²) < 4.78 is 27.4. The van der Waals surface area contributed by atoms with Crippen molar-refractivity contribution in [1.29, 1.82) is 0 Å². The fourth-order valence-corrected chi connectivity index (χ4v) is 4.44. The second-order valence-corrected chi connectivity index (χ2v) is 9.16. The van der Waals surface area contributed by atoms with Gasteiger partial charge in [-0.3, -0.25) is 14.5 Å². The lowest BCUT2D eigenvalue weighted by atomic mass is 10.1. The number of amides is 2. The maximum absolute atomic E-state index is 14.2. The average Bonchev–Trinajstić information content (AvgIpc) is 3.57. The Labute approximate surface area is 217 Å². The van der Waals surface area contributed by atoms with Gasteiger partial charge in [-0.05, 0) is 55.8 Å². The minimum atomic E-state index is -0.522. The largest absolute Gasteiger partial charge is 0.454 e. The van der Waals surface area contributed by atoms with E-state index in [1.165, 1.54) is 12.1 Å². The molecule has 9 heteroatoms. The molecule has 1 saturated heterocycles. The van der Waals surface area contributed by atoms with Crippen molar-refractivity contribution in [1.82, 2.24) is 19.7 Å². The number of aromatic nitrogens is 1. The monoisotopic (exact) mass is 510 g/mol. The van der Waals surface area contributed by atoms with Crippen molar-refractivity contribution in [3.8, 4) is 0 Å². The molecule has 37 heavy (non-hydrogen) atoms. The summed E-state index contributed by atoms with van der Waals surface area (Å²) in [4.78, 5) is 29.5. The lowest BCUT2D eigenvalue weighted by molar-refractivity contribution is 0.0374. The molecule has 8 nitrogen and oxygen atoms in total. The van der Waals surface area contributed by atoms with Crippen molar-refractivity contribution in [2.24, 2.45) is 0 Å². The van der Waals surface area contributed by atoms with Crippen LogP contribution in [0.2, 0.25) is 0 Å². The number of hydrogen-bond donors (Lipinski definition) is 1. The molecule has 4 rings (SSSR count). The SMILES string of the molecule is CCCN(Cc1cccn1Cc1ccc(C(=O)NCCCN2CCOCC2)o1)C(=O)c1ccccc1F. The first-order valence-corrected chi connectivity index (χ1v) is 12.9. The number of ether oxygens (including phenoxy) is 1. The van der Waals surface area contributed by atoms with Gasteiger partial charge in [-0.1, -0.05) is 19.1 Å². The zero-order valence-corrected chi connectivity index (χ0v) is 21.3. The lowest BCUT2D eigenvalue weighted by Crippen LogP contribution is -2.38. The molecule has 198 valence electrons. The fraction of sp³-hybridized carbons (Fsp3) is 0.429. The average molecular weight is 511 g/mol. The molecule has 1 aromatic carbocycles. The molecular formula is C28H35FN4O4. The molecule has 1 fully saturated rings. The third-order valence-corrected chi connectivity index (χ3v) is 6.41. The van der Waals surface area contributed by atoms with Crippen LogP contribution in [0, 0.1) is 5.82 Å². The highest BCUT2D eigenvalue weighted by molar-refractivity contribution is 5.94. The molecule has 2 amide bonds. The van der Waals surface area contributed by atoms with Gasteiger partial charge in [0.1, 0.15) is 11.6 Å². The first-order valence-electron chi connectivity index (χ1n) is 12.9. The summed E-state index contributed by atoms with van der Waals surface area (Å²) in [5.74, 6) is -0.175. The molecule has 0 saturated carbocycles. The van der Waals surface area contributed by atoms with Gasteiger partial charge < -0.3 is 23.9 Å². The third-order valence-electron chi connectivity index (χ3n) is 6.41. The van der Waals surface area contributed by atoms with E-state index in [-0.39, 0.29) is 23.1 Å². The van der Waals surface area contributed by atoms with Gasteiger partial charge in [0, 0.05) is 38.1 Å². The molecule has 1 aliphatic heterocycles. The van der Waals surface area contributed by atoms with Crippen LogP contribution in [0.1, 0.15) is 52.1 Å². The molecule has 3 aromatic rings. The zero-order valence-electron chi connectivity index (χ0n) is 21.3. The topological polar surface area (TPSA) is 80.0 Å². The number of carbonyl (C=O) groups is 2. The van der Waals surface area contributed by atoms with Crippen LogP contribution in [0.3, 0.4) is 0 Å². The number of carbonyl (C=O) groups excluding carboxylic acids is 2. The molecule has 0 bridgehead atoms. The van der Waals surface area contributed by atoms with E-state index < -0.39 is 5.82 Å². The highest BCUT2D eigenvalue weighted by atomic mass is 19.1. The molecule has 0 spiro atoms. The van der Waals surface area contributed by atoms with Crippen LogP contribution in [0.4, 0.5) is 4.39 Å². The van der Waals surface area contributed by atoms with Crippen LogP contribution in [0.5, 0.6) is 0 Å². The molecule has 3 heterocycles. The zero-order chi connectivity index (χ0) is 26.0. The Kier molecular flexibility index (Phi) is 9.51. The first kappa shape index (κ1) is 26.6. The summed E-state index contributed by atoms with van der Waals surface area (Å²) >= 11 is 0. The van der Waals surface area contributed by atoms with Gasteiger partial charge in [-0.15, -0.1) is 0 Å². The molecule has 1 aliphatic rings. The minimum Gasteiger partial charge on any atom is -0.454 e. The Morgan fingerprint density at radius 2 is 1.89 bits per heavy atom. The summed E-state index contributed by atoms with van der Waals surface area (Å²) in [6, 6.07) is 13.4. The van der Waals surface area contributed by atoms with Crippen LogP contribution in [-0.4, -0.2) is 72.1 Å². The normalized spacial score (nSPS) is 14.0. The highest BCUT2D eigenvalue weighted by Gasteiger charge is 2.20. The van der Waals surface area contributed by atoms with Gasteiger partial charge in [-0.2, -0.15) is 0 Å². The Morgan fingerprint density at radius 3 is 2.68 bits per heavy atom. The van der Waals surface area contributed by atoms with E-state index in [0.29, 0.717) is 31.9 Å². The van der Waals surface area contributed by atoms with Crippen molar-refractivity contribution in [3.05, 3.63) is 83.3 Å². The van der Waals surface area contributed by atoms with Crippen molar-refractivity contribution in [2.45, 2.75) is 32.9 Å². The number of morpholine rings is 1. The predicted molar refractivity (Wildman–Crippen MR) is 138 cm³/mol. The summed E-state index contributed by atoms with van der Waals surface area (Å²) in [6.07, 6.45) is 3.52. The second kappa shape index (κ2) is 13.2. The molecule has 0 atom stereocenters. The molecule has 2 aromatic heterocycles. The Morgan fingerprint density at radius 1 is 1.08 bits per heavy atom. The number of benzene rings is 1. The van der Waals surface area contributed by atoms with Crippen molar-refractivity contribution >= 4 is 11.8 Å². The van der Waals surface area contributed by atoms with Crippen LogP contribution in [0.25, 0.3) is 0 Å². The van der Waals surface area contributed by atoms with E-state index in [2.05, 4.69) is 10.2 Å². The predicted octanol–water partition coefficient (Wildman–Crippen LogP) is 3.77. The van der Waals surface area contributed by atoms with E-state index in [0.717, 1.165) is 51.4 Å². The smallest absolute Gasteiger partial charge is 0.286 e. The Hall–Kier alpha value is -3.43. The summed E-state index contributed by atoms with van der Waals surface area (Å²) in [5.41, 5.74) is 0.962. The Balaban J connectivity index is 1.32. The number of nitrogens with one attached hydrogen (secondary N) is 1. The standard InChI is InChI=1S/C28H35FN4O4/c1-2-13-33(28(35)24-8-3-4-9-25(24)29)20-22-7-5-15-32(22)21-23-10-11-26(37-23)27(34)30-12-6-14-31-16-18-36-19-17-31/h3-5,7-11,15H,2,6,12-14,16-21H2,1H3,(H,30,34). The van der Waals surface area contributed by atoms with Gasteiger partial charge in [0.25, 0.3) is 11.8 Å². The number of nitrogens with zero attached hydrogens (tertiary/aromatic N) is 3. The van der Waals surface area contributed by atoms with Gasteiger partial charge in [0.15, 0.2) is 5.76 Å². The highest BCUT2D eigenvalue weighted by Crippen LogP contribution is 2.17. The van der Waals surface area contributed by atoms with E-state index in [1.54, 1.807) is 29.2 Å².